The van der Waals surface area contributed by atoms with Gasteiger partial charge in [-0.2, -0.15) is 0 Å². The van der Waals surface area contributed by atoms with Crippen molar-refractivity contribution in [2.24, 2.45) is 5.41 Å². The van der Waals surface area contributed by atoms with Crippen LogP contribution in [0.2, 0.25) is 0 Å². The second kappa shape index (κ2) is 11.9. The van der Waals surface area contributed by atoms with Gasteiger partial charge in [0.25, 0.3) is 0 Å². The molecule has 0 rings (SSSR count). The van der Waals surface area contributed by atoms with E-state index in [1.165, 1.54) is 6.42 Å². The lowest BCUT2D eigenvalue weighted by Crippen LogP contribution is -2.24. The molecule has 0 saturated heterocycles. The molecule has 0 aromatic rings. The maximum atomic E-state index is 5.45. The first kappa shape index (κ1) is 17.8. The smallest absolute Gasteiger partial charge is 0.0701 e. The molecule has 0 bridgehead atoms. The Balaban J connectivity index is 2.99. The topological polar surface area (TPSA) is 39.7 Å². The third-order valence-electron chi connectivity index (χ3n) is 2.48. The van der Waals surface area contributed by atoms with Gasteiger partial charge in [-0.25, -0.2) is 0 Å². The first-order chi connectivity index (χ1) is 8.56. The fourth-order valence-corrected chi connectivity index (χ4v) is 1.36. The summed E-state index contributed by atoms with van der Waals surface area (Å²) in [6.45, 7) is 12.4. The highest BCUT2D eigenvalue weighted by atomic mass is 16.5. The van der Waals surface area contributed by atoms with Crippen LogP contribution >= 0.6 is 0 Å². The minimum absolute atomic E-state index is 0.407. The molecule has 0 aliphatic heterocycles. The molecule has 0 unspecified atom stereocenters. The summed E-state index contributed by atoms with van der Waals surface area (Å²) < 4.78 is 15.8. The molecule has 0 heterocycles. The molecule has 0 aromatic carbocycles. The van der Waals surface area contributed by atoms with E-state index in [4.69, 9.17) is 14.2 Å². The molecule has 0 aliphatic rings. The van der Waals surface area contributed by atoms with Gasteiger partial charge in [0.15, 0.2) is 0 Å². The Morgan fingerprint density at radius 1 is 0.833 bits per heavy atom. The molecule has 0 atom stereocenters. The molecule has 4 heteroatoms. The SMILES string of the molecule is COCCCOCCOCCNCCC(C)(C)C. The highest BCUT2D eigenvalue weighted by Crippen LogP contribution is 2.16. The van der Waals surface area contributed by atoms with Gasteiger partial charge in [0, 0.05) is 26.9 Å². The molecule has 0 aliphatic carbocycles. The van der Waals surface area contributed by atoms with Crippen molar-refractivity contribution < 1.29 is 14.2 Å². The van der Waals surface area contributed by atoms with Crippen LogP contribution in [0.25, 0.3) is 0 Å². The molecule has 0 spiro atoms. The predicted octanol–water partition coefficient (Wildman–Crippen LogP) is 2.08. The number of methoxy groups -OCH3 is 1. The average Bonchev–Trinajstić information content (AvgIpc) is 2.29. The highest BCUT2D eigenvalue weighted by Gasteiger charge is 2.08. The minimum atomic E-state index is 0.407. The number of rotatable bonds is 12. The number of hydrogen-bond acceptors (Lipinski definition) is 4. The summed E-state index contributed by atoms with van der Waals surface area (Å²) in [6, 6.07) is 0. The molecular formula is C14H31NO3. The Morgan fingerprint density at radius 3 is 2.11 bits per heavy atom. The van der Waals surface area contributed by atoms with Gasteiger partial charge in [-0.15, -0.1) is 0 Å². The summed E-state index contributed by atoms with van der Waals surface area (Å²) in [5.74, 6) is 0. The van der Waals surface area contributed by atoms with Crippen LogP contribution in [-0.2, 0) is 14.2 Å². The highest BCUT2D eigenvalue weighted by molar-refractivity contribution is 4.62. The molecule has 0 radical (unpaired) electrons. The van der Waals surface area contributed by atoms with Crippen LogP contribution in [0.5, 0.6) is 0 Å². The van der Waals surface area contributed by atoms with E-state index in [0.717, 1.165) is 39.3 Å². The molecule has 0 saturated carbocycles. The van der Waals surface area contributed by atoms with Gasteiger partial charge < -0.3 is 19.5 Å². The third-order valence-corrected chi connectivity index (χ3v) is 2.48. The van der Waals surface area contributed by atoms with Crippen molar-refractivity contribution in [1.29, 1.82) is 0 Å². The zero-order chi connectivity index (χ0) is 13.7. The second-order valence-corrected chi connectivity index (χ2v) is 5.63. The Morgan fingerprint density at radius 2 is 1.50 bits per heavy atom. The van der Waals surface area contributed by atoms with Gasteiger partial charge >= 0.3 is 0 Å². The Bertz CT molecular complexity index is 169. The normalized spacial score (nSPS) is 12.0. The van der Waals surface area contributed by atoms with Crippen LogP contribution in [0, 0.1) is 5.41 Å². The third kappa shape index (κ3) is 15.8. The van der Waals surface area contributed by atoms with Crippen molar-refractivity contribution in [3.63, 3.8) is 0 Å². The summed E-state index contributed by atoms with van der Waals surface area (Å²) in [5.41, 5.74) is 0.407. The Kier molecular flexibility index (Phi) is 11.8. The van der Waals surface area contributed by atoms with Crippen LogP contribution < -0.4 is 5.32 Å². The van der Waals surface area contributed by atoms with E-state index in [-0.39, 0.29) is 0 Å². The van der Waals surface area contributed by atoms with Gasteiger partial charge in [0.1, 0.15) is 0 Å². The largest absolute Gasteiger partial charge is 0.385 e. The van der Waals surface area contributed by atoms with E-state index in [2.05, 4.69) is 26.1 Å². The van der Waals surface area contributed by atoms with Crippen molar-refractivity contribution in [1.82, 2.24) is 5.32 Å². The van der Waals surface area contributed by atoms with Crippen LogP contribution in [0.1, 0.15) is 33.6 Å². The first-order valence-electron chi connectivity index (χ1n) is 6.91. The van der Waals surface area contributed by atoms with Crippen LogP contribution in [0.4, 0.5) is 0 Å². The van der Waals surface area contributed by atoms with Gasteiger partial charge in [-0.1, -0.05) is 20.8 Å². The molecule has 0 fully saturated rings. The maximum absolute atomic E-state index is 5.45. The summed E-state index contributed by atoms with van der Waals surface area (Å²) in [6.07, 6.45) is 2.14. The van der Waals surface area contributed by atoms with E-state index in [9.17, 15) is 0 Å². The monoisotopic (exact) mass is 261 g/mol. The van der Waals surface area contributed by atoms with Crippen LogP contribution in [0.15, 0.2) is 0 Å². The predicted molar refractivity (Wildman–Crippen MR) is 75.1 cm³/mol. The lowest BCUT2D eigenvalue weighted by molar-refractivity contribution is 0.0407. The maximum Gasteiger partial charge on any atom is 0.0701 e. The van der Waals surface area contributed by atoms with E-state index in [0.29, 0.717) is 18.6 Å². The van der Waals surface area contributed by atoms with E-state index in [1.54, 1.807) is 7.11 Å². The van der Waals surface area contributed by atoms with Gasteiger partial charge in [-0.05, 0) is 24.8 Å². The summed E-state index contributed by atoms with van der Waals surface area (Å²) in [7, 11) is 1.70. The minimum Gasteiger partial charge on any atom is -0.385 e. The van der Waals surface area contributed by atoms with Crippen LogP contribution in [0.3, 0.4) is 0 Å². The lowest BCUT2D eigenvalue weighted by Gasteiger charge is -2.18. The van der Waals surface area contributed by atoms with E-state index >= 15 is 0 Å². The van der Waals surface area contributed by atoms with E-state index in [1.807, 2.05) is 0 Å². The van der Waals surface area contributed by atoms with Gasteiger partial charge in [0.2, 0.25) is 0 Å². The Labute approximate surface area is 112 Å². The first-order valence-corrected chi connectivity index (χ1v) is 6.91. The van der Waals surface area contributed by atoms with Crippen molar-refractivity contribution in [3.05, 3.63) is 0 Å². The summed E-state index contributed by atoms with van der Waals surface area (Å²) >= 11 is 0. The molecule has 4 nitrogen and oxygen atoms in total. The zero-order valence-corrected chi connectivity index (χ0v) is 12.6. The average molecular weight is 261 g/mol. The van der Waals surface area contributed by atoms with Crippen molar-refractivity contribution >= 4 is 0 Å². The molecule has 110 valence electrons. The van der Waals surface area contributed by atoms with Gasteiger partial charge in [0.05, 0.1) is 19.8 Å². The fourth-order valence-electron chi connectivity index (χ4n) is 1.36. The van der Waals surface area contributed by atoms with Crippen molar-refractivity contribution in [2.75, 3.05) is 53.2 Å². The van der Waals surface area contributed by atoms with E-state index < -0.39 is 0 Å². The quantitative estimate of drug-likeness (QED) is 0.546. The number of hydrogen-bond donors (Lipinski definition) is 1. The molecule has 0 aromatic heterocycles. The van der Waals surface area contributed by atoms with Gasteiger partial charge in [-0.3, -0.25) is 0 Å². The fraction of sp³-hybridized carbons (Fsp3) is 1.00. The molecule has 1 N–H and O–H groups in total. The lowest BCUT2D eigenvalue weighted by atomic mass is 9.92. The standard InChI is InChI=1S/C14H31NO3/c1-14(2,3)6-7-15-8-11-18-13-12-17-10-5-9-16-4/h15H,5-13H2,1-4H3. The number of nitrogens with one attached hydrogen (secondary N) is 1. The molecular weight excluding hydrogens is 230 g/mol. The van der Waals surface area contributed by atoms with Crippen molar-refractivity contribution in [3.8, 4) is 0 Å². The Hall–Kier alpha value is -0.160. The van der Waals surface area contributed by atoms with Crippen LogP contribution in [-0.4, -0.2) is 53.2 Å². The second-order valence-electron chi connectivity index (χ2n) is 5.63. The summed E-state index contributed by atoms with van der Waals surface area (Å²) in [5, 5.41) is 3.38. The zero-order valence-electron chi connectivity index (χ0n) is 12.6. The molecule has 18 heavy (non-hydrogen) atoms. The molecule has 0 amide bonds. The number of ether oxygens (including phenoxy) is 3. The van der Waals surface area contributed by atoms with Crippen molar-refractivity contribution in [2.45, 2.75) is 33.6 Å². The summed E-state index contributed by atoms with van der Waals surface area (Å²) in [4.78, 5) is 0.